The Morgan fingerprint density at radius 1 is 1.47 bits per heavy atom. The smallest absolute Gasteiger partial charge is 0.340 e. The number of aromatic nitrogens is 1. The largest absolute Gasteiger partial charge is 0.456 e. The van der Waals surface area contributed by atoms with Gasteiger partial charge in [0.2, 0.25) is 0 Å². The normalized spacial score (nSPS) is 11.3. The van der Waals surface area contributed by atoms with E-state index in [0.717, 1.165) is 5.56 Å². The summed E-state index contributed by atoms with van der Waals surface area (Å²) in [5.41, 5.74) is 0.885. The molecule has 0 aliphatic heterocycles. The Kier molecular flexibility index (Phi) is 3.50. The van der Waals surface area contributed by atoms with Crippen LogP contribution < -0.4 is 0 Å². The minimum atomic E-state index is -0.476. The van der Waals surface area contributed by atoms with Crippen molar-refractivity contribution >= 4 is 21.9 Å². The molecule has 0 aromatic carbocycles. The van der Waals surface area contributed by atoms with Gasteiger partial charge < -0.3 is 4.74 Å². The third-order valence-corrected chi connectivity index (χ3v) is 2.13. The van der Waals surface area contributed by atoms with Gasteiger partial charge in [-0.3, -0.25) is 0 Å². The number of ether oxygens (including phenoxy) is 1. The van der Waals surface area contributed by atoms with Crippen molar-refractivity contribution in [3.05, 3.63) is 28.0 Å². The van der Waals surface area contributed by atoms with Gasteiger partial charge in [-0.2, -0.15) is 0 Å². The van der Waals surface area contributed by atoms with Crippen LogP contribution in [0.15, 0.2) is 16.9 Å². The predicted octanol–water partition coefficient (Wildman–Crippen LogP) is 3.11. The zero-order valence-corrected chi connectivity index (χ0v) is 10.9. The van der Waals surface area contributed by atoms with Crippen molar-refractivity contribution in [3.63, 3.8) is 0 Å². The Morgan fingerprint density at radius 2 is 2.07 bits per heavy atom. The lowest BCUT2D eigenvalue weighted by molar-refractivity contribution is 0.00683. The Hall–Kier alpha value is -0.900. The maximum atomic E-state index is 11.7. The summed E-state index contributed by atoms with van der Waals surface area (Å²) >= 11 is 3.24. The molecular formula is C11H14BrNO2. The van der Waals surface area contributed by atoms with Crippen molar-refractivity contribution < 1.29 is 9.53 Å². The minimum Gasteiger partial charge on any atom is -0.456 e. The number of hydrogen-bond acceptors (Lipinski definition) is 3. The highest BCUT2D eigenvalue weighted by Gasteiger charge is 2.19. The van der Waals surface area contributed by atoms with Crippen LogP contribution in [0.2, 0.25) is 0 Å². The summed E-state index contributed by atoms with van der Waals surface area (Å²) in [7, 11) is 0. The first-order valence-corrected chi connectivity index (χ1v) is 5.44. The molecule has 0 aliphatic carbocycles. The standard InChI is InChI=1S/C11H14BrNO2/c1-7-5-9(12)13-6-8(7)10(14)15-11(2,3)4/h5-6H,1-4H3. The van der Waals surface area contributed by atoms with Crippen LogP contribution in [0.1, 0.15) is 36.7 Å². The van der Waals surface area contributed by atoms with Gasteiger partial charge in [0.1, 0.15) is 10.2 Å². The Labute approximate surface area is 98.0 Å². The molecule has 0 unspecified atom stereocenters. The monoisotopic (exact) mass is 271 g/mol. The second-order valence-electron chi connectivity index (χ2n) is 4.32. The van der Waals surface area contributed by atoms with Crippen molar-refractivity contribution in [1.29, 1.82) is 0 Å². The van der Waals surface area contributed by atoms with Crippen molar-refractivity contribution in [1.82, 2.24) is 4.98 Å². The fraction of sp³-hybridized carbons (Fsp3) is 0.455. The van der Waals surface area contributed by atoms with E-state index in [2.05, 4.69) is 20.9 Å². The van der Waals surface area contributed by atoms with Crippen LogP contribution in [-0.4, -0.2) is 16.6 Å². The van der Waals surface area contributed by atoms with Gasteiger partial charge in [-0.1, -0.05) is 0 Å². The quantitative estimate of drug-likeness (QED) is 0.582. The van der Waals surface area contributed by atoms with E-state index in [1.165, 1.54) is 6.20 Å². The summed E-state index contributed by atoms with van der Waals surface area (Å²) < 4.78 is 5.97. The lowest BCUT2D eigenvalue weighted by atomic mass is 10.1. The molecule has 0 amide bonds. The molecule has 1 aromatic rings. The zero-order valence-electron chi connectivity index (χ0n) is 9.30. The van der Waals surface area contributed by atoms with Crippen LogP contribution in [0.5, 0.6) is 0 Å². The van der Waals surface area contributed by atoms with Crippen molar-refractivity contribution in [2.24, 2.45) is 0 Å². The molecule has 0 radical (unpaired) electrons. The highest BCUT2D eigenvalue weighted by molar-refractivity contribution is 9.10. The molecule has 0 bridgehead atoms. The molecule has 3 nitrogen and oxygen atoms in total. The van der Waals surface area contributed by atoms with Gasteiger partial charge in [-0.05, 0) is 55.3 Å². The van der Waals surface area contributed by atoms with Gasteiger partial charge in [0, 0.05) is 6.20 Å². The van der Waals surface area contributed by atoms with Crippen LogP contribution in [-0.2, 0) is 4.74 Å². The van der Waals surface area contributed by atoms with E-state index in [1.54, 1.807) is 6.07 Å². The summed E-state index contributed by atoms with van der Waals surface area (Å²) in [6, 6.07) is 1.79. The molecule has 0 aliphatic rings. The van der Waals surface area contributed by atoms with E-state index in [-0.39, 0.29) is 5.97 Å². The fourth-order valence-corrected chi connectivity index (χ4v) is 1.51. The van der Waals surface area contributed by atoms with Crippen LogP contribution in [0, 0.1) is 6.92 Å². The average molecular weight is 272 g/mol. The first-order chi connectivity index (χ1) is 6.79. The summed E-state index contributed by atoms with van der Waals surface area (Å²) in [5, 5.41) is 0. The van der Waals surface area contributed by atoms with E-state index < -0.39 is 5.60 Å². The average Bonchev–Trinajstić information content (AvgIpc) is 1.99. The summed E-state index contributed by atoms with van der Waals surface area (Å²) in [6.45, 7) is 7.37. The molecule has 0 saturated heterocycles. The van der Waals surface area contributed by atoms with Gasteiger partial charge in [-0.25, -0.2) is 9.78 Å². The van der Waals surface area contributed by atoms with E-state index >= 15 is 0 Å². The Morgan fingerprint density at radius 3 is 2.53 bits per heavy atom. The second kappa shape index (κ2) is 4.31. The second-order valence-corrected chi connectivity index (χ2v) is 5.14. The van der Waals surface area contributed by atoms with Crippen molar-refractivity contribution in [2.45, 2.75) is 33.3 Å². The third kappa shape index (κ3) is 3.63. The lowest BCUT2D eigenvalue weighted by Crippen LogP contribution is -2.24. The number of carbonyl (C=O) groups is 1. The Bertz CT molecular complexity index is 383. The molecule has 0 spiro atoms. The Balaban J connectivity index is 2.92. The number of aryl methyl sites for hydroxylation is 1. The van der Waals surface area contributed by atoms with Crippen LogP contribution in [0.3, 0.4) is 0 Å². The van der Waals surface area contributed by atoms with Crippen LogP contribution in [0.4, 0.5) is 0 Å². The molecule has 15 heavy (non-hydrogen) atoms. The topological polar surface area (TPSA) is 39.2 Å². The number of esters is 1. The maximum Gasteiger partial charge on any atom is 0.340 e. The van der Waals surface area contributed by atoms with Crippen molar-refractivity contribution in [3.8, 4) is 0 Å². The van der Waals surface area contributed by atoms with Gasteiger partial charge in [-0.15, -0.1) is 0 Å². The van der Waals surface area contributed by atoms with Gasteiger partial charge in [0.15, 0.2) is 0 Å². The first-order valence-electron chi connectivity index (χ1n) is 4.65. The number of rotatable bonds is 1. The maximum absolute atomic E-state index is 11.7. The molecule has 82 valence electrons. The SMILES string of the molecule is Cc1cc(Br)ncc1C(=O)OC(C)(C)C. The molecule has 1 rings (SSSR count). The van der Waals surface area contributed by atoms with Crippen molar-refractivity contribution in [2.75, 3.05) is 0 Å². The number of hydrogen-bond donors (Lipinski definition) is 0. The fourth-order valence-electron chi connectivity index (χ4n) is 1.07. The molecular weight excluding hydrogens is 258 g/mol. The van der Waals surface area contributed by atoms with Gasteiger partial charge in [0.25, 0.3) is 0 Å². The number of halogens is 1. The molecule has 0 atom stereocenters. The van der Waals surface area contributed by atoms with Gasteiger partial charge >= 0.3 is 5.97 Å². The van der Waals surface area contributed by atoms with E-state index in [9.17, 15) is 4.79 Å². The van der Waals surface area contributed by atoms with E-state index in [4.69, 9.17) is 4.74 Å². The molecule has 0 saturated carbocycles. The highest BCUT2D eigenvalue weighted by Crippen LogP contribution is 2.16. The summed E-state index contributed by atoms with van der Waals surface area (Å²) in [5.74, 6) is -0.333. The van der Waals surface area contributed by atoms with E-state index in [1.807, 2.05) is 27.7 Å². The zero-order chi connectivity index (χ0) is 11.6. The number of pyridine rings is 1. The van der Waals surface area contributed by atoms with Crippen LogP contribution in [0.25, 0.3) is 0 Å². The summed E-state index contributed by atoms with van der Waals surface area (Å²) in [4.78, 5) is 15.7. The highest BCUT2D eigenvalue weighted by atomic mass is 79.9. The molecule has 0 N–H and O–H groups in total. The third-order valence-electron chi connectivity index (χ3n) is 1.70. The lowest BCUT2D eigenvalue weighted by Gasteiger charge is -2.19. The molecule has 1 heterocycles. The molecule has 0 fully saturated rings. The number of nitrogens with zero attached hydrogens (tertiary/aromatic N) is 1. The molecule has 1 aromatic heterocycles. The first kappa shape index (κ1) is 12.2. The van der Waals surface area contributed by atoms with E-state index in [0.29, 0.717) is 10.2 Å². The summed E-state index contributed by atoms with van der Waals surface area (Å²) in [6.07, 6.45) is 1.52. The number of carbonyl (C=O) groups excluding carboxylic acids is 1. The minimum absolute atomic E-state index is 0.333. The molecule has 4 heteroatoms. The van der Waals surface area contributed by atoms with Gasteiger partial charge in [0.05, 0.1) is 5.56 Å². The van der Waals surface area contributed by atoms with Crippen LogP contribution >= 0.6 is 15.9 Å². The predicted molar refractivity (Wildman–Crippen MR) is 61.8 cm³/mol.